The third-order valence-electron chi connectivity index (χ3n) is 7.18. The molecule has 0 radical (unpaired) electrons. The molecular weight excluding hydrogens is 446 g/mol. The van der Waals surface area contributed by atoms with E-state index in [2.05, 4.69) is 51.9 Å². The van der Waals surface area contributed by atoms with Crippen LogP contribution >= 0.6 is 0 Å². The number of aliphatic hydroxyl groups excluding tert-OH is 1. The molecule has 0 saturated carbocycles. The van der Waals surface area contributed by atoms with Gasteiger partial charge in [-0.3, -0.25) is 0 Å². The Balaban J connectivity index is 1.07. The second kappa shape index (κ2) is 10.1. The number of rotatable bonds is 8. The van der Waals surface area contributed by atoms with Crippen LogP contribution < -0.4 is 5.32 Å². The Hall–Kier alpha value is -3.74. The number of H-pyrrole nitrogens is 1. The molecule has 0 unspecified atom stereocenters. The average molecular weight is 478 g/mol. The molecule has 3 heterocycles. The van der Waals surface area contributed by atoms with Gasteiger partial charge in [0.1, 0.15) is 5.82 Å². The first-order valence-corrected chi connectivity index (χ1v) is 12.8. The summed E-state index contributed by atoms with van der Waals surface area (Å²) < 4.78 is 1.92. The summed E-state index contributed by atoms with van der Waals surface area (Å²) in [6.07, 6.45) is 8.28. The predicted octanol–water partition coefficient (Wildman–Crippen LogP) is 4.93. The van der Waals surface area contributed by atoms with Crippen molar-refractivity contribution in [1.82, 2.24) is 25.1 Å². The van der Waals surface area contributed by atoms with Crippen LogP contribution in [-0.2, 0) is 19.3 Å². The first-order valence-electron chi connectivity index (χ1n) is 12.8. The number of fused-ring (bicyclic) bond motifs is 1. The number of nitrogens with zero attached hydrogens (tertiary/aromatic N) is 3. The molecule has 3 aromatic carbocycles. The minimum atomic E-state index is -0.464. The summed E-state index contributed by atoms with van der Waals surface area (Å²) >= 11 is 0. The summed E-state index contributed by atoms with van der Waals surface area (Å²) in [5.41, 5.74) is 6.62. The summed E-state index contributed by atoms with van der Waals surface area (Å²) in [5, 5.41) is 18.9. The molecule has 5 aromatic rings. The van der Waals surface area contributed by atoms with Crippen LogP contribution in [0.25, 0.3) is 16.7 Å². The van der Waals surface area contributed by atoms with E-state index in [1.165, 1.54) is 11.1 Å². The van der Waals surface area contributed by atoms with Crippen molar-refractivity contribution in [3.8, 4) is 5.69 Å². The molecule has 1 saturated heterocycles. The lowest BCUT2D eigenvalue weighted by molar-refractivity contribution is 0.135. The Kier molecular flexibility index (Phi) is 6.36. The van der Waals surface area contributed by atoms with Gasteiger partial charge in [0.15, 0.2) is 0 Å². The van der Waals surface area contributed by atoms with E-state index in [1.54, 1.807) is 0 Å². The molecule has 6 nitrogen and oxygen atoms in total. The molecule has 2 aromatic heterocycles. The Bertz CT molecular complexity index is 1430. The standard InChI is InChI=1S/C30H31N5O/c36-30(23-7-3-1-4-8-23)27-15-13-24(32-27)17-21-11-14-26-28(18-21)34-29(33-26)16-12-22-19-31-35(20-22)25-9-5-2-6-10-25/h1-11,14,18-20,24,27,30,32,36H,12-13,15-17H2,(H,33,34)/t24-,27+,30+/m0/s1. The van der Waals surface area contributed by atoms with Crippen LogP contribution in [0.1, 0.15) is 41.5 Å². The SMILES string of the molecule is O[C@H](c1ccccc1)[C@H]1CC[C@@H](Cc2ccc3nc(CCc4cnn(-c5ccccc5)c4)[nH]c3c2)N1. The fourth-order valence-corrected chi connectivity index (χ4v) is 5.26. The highest BCUT2D eigenvalue weighted by Crippen LogP contribution is 2.27. The Labute approximate surface area is 211 Å². The number of hydrogen-bond donors (Lipinski definition) is 3. The van der Waals surface area contributed by atoms with Gasteiger partial charge >= 0.3 is 0 Å². The van der Waals surface area contributed by atoms with Gasteiger partial charge in [-0.05, 0) is 66.6 Å². The van der Waals surface area contributed by atoms with Crippen molar-refractivity contribution in [3.05, 3.63) is 114 Å². The molecule has 6 heteroatoms. The summed E-state index contributed by atoms with van der Waals surface area (Å²) in [5.74, 6) is 1.000. The molecule has 36 heavy (non-hydrogen) atoms. The van der Waals surface area contributed by atoms with E-state index in [-0.39, 0.29) is 6.04 Å². The molecule has 0 aliphatic carbocycles. The average Bonchev–Trinajstić information content (AvgIpc) is 3.68. The van der Waals surface area contributed by atoms with Crippen molar-refractivity contribution in [1.29, 1.82) is 0 Å². The third kappa shape index (κ3) is 4.96. The fourth-order valence-electron chi connectivity index (χ4n) is 5.26. The van der Waals surface area contributed by atoms with Gasteiger partial charge in [0.2, 0.25) is 0 Å². The van der Waals surface area contributed by atoms with Crippen LogP contribution in [0.15, 0.2) is 91.3 Å². The lowest BCUT2D eigenvalue weighted by Crippen LogP contribution is -2.35. The summed E-state index contributed by atoms with van der Waals surface area (Å²) in [4.78, 5) is 8.32. The van der Waals surface area contributed by atoms with Gasteiger partial charge in [-0.2, -0.15) is 5.10 Å². The van der Waals surface area contributed by atoms with Crippen LogP contribution in [-0.4, -0.2) is 36.9 Å². The zero-order valence-electron chi connectivity index (χ0n) is 20.2. The second-order valence-corrected chi connectivity index (χ2v) is 9.77. The summed E-state index contributed by atoms with van der Waals surface area (Å²) in [7, 11) is 0. The summed E-state index contributed by atoms with van der Waals surface area (Å²) in [6, 6.07) is 27.1. The van der Waals surface area contributed by atoms with Crippen molar-refractivity contribution in [3.63, 3.8) is 0 Å². The van der Waals surface area contributed by atoms with E-state index < -0.39 is 6.10 Å². The normalized spacial score (nSPS) is 18.6. The molecular formula is C30H31N5O. The maximum Gasteiger partial charge on any atom is 0.107 e. The smallest absolute Gasteiger partial charge is 0.107 e. The van der Waals surface area contributed by atoms with Gasteiger partial charge < -0.3 is 15.4 Å². The Morgan fingerprint density at radius 1 is 0.917 bits per heavy atom. The van der Waals surface area contributed by atoms with Gasteiger partial charge in [-0.15, -0.1) is 0 Å². The van der Waals surface area contributed by atoms with Crippen molar-refractivity contribution in [2.45, 2.75) is 50.3 Å². The quantitative estimate of drug-likeness (QED) is 0.296. The predicted molar refractivity (Wildman–Crippen MR) is 142 cm³/mol. The molecule has 6 rings (SSSR count). The molecule has 1 aliphatic rings. The Morgan fingerprint density at radius 2 is 1.72 bits per heavy atom. The highest BCUT2D eigenvalue weighted by atomic mass is 16.3. The second-order valence-electron chi connectivity index (χ2n) is 9.77. The minimum Gasteiger partial charge on any atom is -0.387 e. The molecule has 3 N–H and O–H groups in total. The van der Waals surface area contributed by atoms with Gasteiger partial charge in [-0.25, -0.2) is 9.67 Å². The number of aromatic amines is 1. The molecule has 0 bridgehead atoms. The van der Waals surface area contributed by atoms with E-state index >= 15 is 0 Å². The van der Waals surface area contributed by atoms with Gasteiger partial charge in [0.05, 0.1) is 29.0 Å². The molecule has 3 atom stereocenters. The summed E-state index contributed by atoms with van der Waals surface area (Å²) in [6.45, 7) is 0. The lowest BCUT2D eigenvalue weighted by atomic mass is 10.0. The zero-order chi connectivity index (χ0) is 24.3. The van der Waals surface area contributed by atoms with E-state index in [9.17, 15) is 5.11 Å². The number of hydrogen-bond acceptors (Lipinski definition) is 4. The largest absolute Gasteiger partial charge is 0.387 e. The van der Waals surface area contributed by atoms with Crippen molar-refractivity contribution < 1.29 is 5.11 Å². The molecule has 182 valence electrons. The van der Waals surface area contributed by atoms with Crippen LogP contribution in [0.4, 0.5) is 0 Å². The van der Waals surface area contributed by atoms with Crippen LogP contribution in [0.2, 0.25) is 0 Å². The van der Waals surface area contributed by atoms with Gasteiger partial charge in [-0.1, -0.05) is 54.6 Å². The van der Waals surface area contributed by atoms with E-state index in [0.29, 0.717) is 6.04 Å². The monoisotopic (exact) mass is 477 g/mol. The zero-order valence-corrected chi connectivity index (χ0v) is 20.2. The first-order chi connectivity index (χ1) is 17.7. The number of benzene rings is 3. The molecule has 0 amide bonds. The topological polar surface area (TPSA) is 78.8 Å². The van der Waals surface area contributed by atoms with Crippen molar-refractivity contribution in [2.24, 2.45) is 0 Å². The fraction of sp³-hybridized carbons (Fsp3) is 0.267. The van der Waals surface area contributed by atoms with E-state index in [0.717, 1.165) is 60.2 Å². The van der Waals surface area contributed by atoms with E-state index in [4.69, 9.17) is 4.98 Å². The third-order valence-corrected chi connectivity index (χ3v) is 7.18. The number of para-hydroxylation sites is 1. The van der Waals surface area contributed by atoms with Crippen LogP contribution in [0.3, 0.4) is 0 Å². The minimum absolute atomic E-state index is 0.103. The maximum absolute atomic E-state index is 10.8. The number of nitrogens with one attached hydrogen (secondary N) is 2. The molecule has 0 spiro atoms. The Morgan fingerprint density at radius 3 is 2.56 bits per heavy atom. The van der Waals surface area contributed by atoms with Crippen LogP contribution in [0.5, 0.6) is 0 Å². The number of aliphatic hydroxyl groups is 1. The van der Waals surface area contributed by atoms with Gasteiger partial charge in [0, 0.05) is 24.7 Å². The lowest BCUT2D eigenvalue weighted by Gasteiger charge is -2.20. The highest BCUT2D eigenvalue weighted by molar-refractivity contribution is 5.75. The van der Waals surface area contributed by atoms with E-state index in [1.807, 2.05) is 59.4 Å². The van der Waals surface area contributed by atoms with Gasteiger partial charge in [0.25, 0.3) is 0 Å². The number of imidazole rings is 1. The number of aromatic nitrogens is 4. The van der Waals surface area contributed by atoms with Crippen molar-refractivity contribution >= 4 is 11.0 Å². The number of aryl methyl sites for hydroxylation is 2. The molecule has 1 aliphatic heterocycles. The van der Waals surface area contributed by atoms with Crippen molar-refractivity contribution in [2.75, 3.05) is 0 Å². The van der Waals surface area contributed by atoms with Crippen LogP contribution in [0, 0.1) is 0 Å². The highest BCUT2D eigenvalue weighted by Gasteiger charge is 2.29. The first kappa shape index (κ1) is 22.7. The maximum atomic E-state index is 10.8. The molecule has 1 fully saturated rings.